The molecule has 0 atom stereocenters. The van der Waals surface area contributed by atoms with Gasteiger partial charge in [0.25, 0.3) is 0 Å². The minimum absolute atomic E-state index is 0.655. The number of allylic oxidation sites excluding steroid dienone is 5. The van der Waals surface area contributed by atoms with Gasteiger partial charge in [0.2, 0.25) is 0 Å². The van der Waals surface area contributed by atoms with Crippen LogP contribution in [0.3, 0.4) is 0 Å². The van der Waals surface area contributed by atoms with Crippen molar-refractivity contribution in [3.05, 3.63) is 99.2 Å². The maximum Gasteiger partial charge on any atom is 0.0725 e. The molecule has 3 rings (SSSR count). The molecule has 1 N–H and O–H groups in total. The van der Waals surface area contributed by atoms with Crippen molar-refractivity contribution >= 4 is 29.3 Å². The molecule has 0 saturated carbocycles. The number of likely N-dealkylation sites (tertiary alicyclic amines) is 1. The van der Waals surface area contributed by atoms with E-state index < -0.39 is 0 Å². The van der Waals surface area contributed by atoms with Crippen molar-refractivity contribution in [3.63, 3.8) is 0 Å². The number of benzene rings is 1. The Kier molecular flexibility index (Phi) is 10.5. The lowest BCUT2D eigenvalue weighted by Gasteiger charge is -2.34. The molecule has 1 saturated heterocycles. The Hall–Kier alpha value is -3.18. The SMILES string of the molecule is C=C(/C=C/c1cccs1)N1CCC(CN/C(C)=C/C(=N\C(C)=C(/C)C=NC)c2ccccc2C)CC1. The normalized spacial score (nSPS) is 16.6. The lowest BCUT2D eigenvalue weighted by molar-refractivity contribution is 0.231. The number of thiophene rings is 1. The van der Waals surface area contributed by atoms with Gasteiger partial charge in [0.15, 0.2) is 0 Å². The third-order valence-electron chi connectivity index (χ3n) is 6.63. The first-order chi connectivity index (χ1) is 17.4. The average molecular weight is 501 g/mol. The van der Waals surface area contributed by atoms with Gasteiger partial charge in [-0.25, -0.2) is 0 Å². The number of aliphatic imine (C=N–C) groups is 2. The van der Waals surface area contributed by atoms with Crippen LogP contribution in [0.5, 0.6) is 0 Å². The minimum Gasteiger partial charge on any atom is -0.388 e. The number of rotatable bonds is 10. The van der Waals surface area contributed by atoms with Crippen molar-refractivity contribution < 1.29 is 0 Å². The predicted molar refractivity (Wildman–Crippen MR) is 159 cm³/mol. The average Bonchev–Trinajstić information content (AvgIpc) is 3.40. The zero-order valence-corrected chi connectivity index (χ0v) is 23.2. The Morgan fingerprint density at radius 2 is 1.89 bits per heavy atom. The molecule has 1 aromatic carbocycles. The number of piperidine rings is 1. The third-order valence-corrected chi connectivity index (χ3v) is 7.47. The molecule has 1 aliphatic rings. The van der Waals surface area contributed by atoms with Gasteiger partial charge >= 0.3 is 0 Å². The van der Waals surface area contributed by atoms with Crippen molar-refractivity contribution in [2.24, 2.45) is 15.9 Å². The number of aryl methyl sites for hydroxylation is 1. The van der Waals surface area contributed by atoms with E-state index >= 15 is 0 Å². The summed E-state index contributed by atoms with van der Waals surface area (Å²) in [5.41, 5.74) is 7.64. The molecule has 4 nitrogen and oxygen atoms in total. The molecular formula is C31H40N4S. The minimum atomic E-state index is 0.655. The largest absolute Gasteiger partial charge is 0.388 e. The maximum atomic E-state index is 4.99. The molecule has 5 heteroatoms. The molecule has 0 amide bonds. The molecule has 0 unspecified atom stereocenters. The van der Waals surface area contributed by atoms with Gasteiger partial charge in [-0.05, 0) is 87.3 Å². The van der Waals surface area contributed by atoms with Crippen LogP contribution >= 0.6 is 11.3 Å². The summed E-state index contributed by atoms with van der Waals surface area (Å²) in [4.78, 5) is 12.8. The highest BCUT2D eigenvalue weighted by Gasteiger charge is 2.19. The summed E-state index contributed by atoms with van der Waals surface area (Å²) < 4.78 is 0. The van der Waals surface area contributed by atoms with E-state index in [1.807, 2.05) is 13.1 Å². The van der Waals surface area contributed by atoms with Crippen LogP contribution in [0.15, 0.2) is 93.2 Å². The predicted octanol–water partition coefficient (Wildman–Crippen LogP) is 7.27. The van der Waals surface area contributed by atoms with Crippen LogP contribution in [0.1, 0.15) is 49.6 Å². The molecule has 1 aromatic heterocycles. The topological polar surface area (TPSA) is 40.0 Å². The van der Waals surface area contributed by atoms with Gasteiger partial charge < -0.3 is 10.2 Å². The number of nitrogens with one attached hydrogen (secondary N) is 1. The van der Waals surface area contributed by atoms with Crippen molar-refractivity contribution in [1.29, 1.82) is 0 Å². The summed E-state index contributed by atoms with van der Waals surface area (Å²) in [7, 11) is 1.79. The molecule has 1 aliphatic heterocycles. The van der Waals surface area contributed by atoms with E-state index in [0.717, 1.165) is 53.6 Å². The second kappa shape index (κ2) is 13.8. The Labute approximate surface area is 221 Å². The maximum absolute atomic E-state index is 4.99. The Balaban J connectivity index is 1.61. The van der Waals surface area contributed by atoms with Crippen LogP contribution in [-0.4, -0.2) is 43.5 Å². The quantitative estimate of drug-likeness (QED) is 0.275. The van der Waals surface area contributed by atoms with Gasteiger partial charge in [-0.2, -0.15) is 0 Å². The summed E-state index contributed by atoms with van der Waals surface area (Å²) in [6.45, 7) is 15.7. The summed E-state index contributed by atoms with van der Waals surface area (Å²) in [6.07, 6.45) is 10.7. The highest BCUT2D eigenvalue weighted by molar-refractivity contribution is 7.10. The lowest BCUT2D eigenvalue weighted by Crippen LogP contribution is -2.36. The van der Waals surface area contributed by atoms with E-state index in [2.05, 4.69) is 103 Å². The highest BCUT2D eigenvalue weighted by atomic mass is 32.1. The first-order valence-electron chi connectivity index (χ1n) is 12.7. The first-order valence-corrected chi connectivity index (χ1v) is 13.6. The molecule has 0 aliphatic carbocycles. The fraction of sp³-hybridized carbons (Fsp3) is 0.355. The van der Waals surface area contributed by atoms with Crippen molar-refractivity contribution in [3.8, 4) is 0 Å². The highest BCUT2D eigenvalue weighted by Crippen LogP contribution is 2.21. The second-order valence-electron chi connectivity index (χ2n) is 9.45. The van der Waals surface area contributed by atoms with Crippen LogP contribution in [-0.2, 0) is 0 Å². The van der Waals surface area contributed by atoms with Crippen LogP contribution in [0.25, 0.3) is 6.08 Å². The fourth-order valence-electron chi connectivity index (χ4n) is 4.24. The van der Waals surface area contributed by atoms with Gasteiger partial charge in [0.1, 0.15) is 0 Å². The van der Waals surface area contributed by atoms with E-state index in [1.165, 1.54) is 23.3 Å². The molecule has 190 valence electrons. The summed E-state index contributed by atoms with van der Waals surface area (Å²) in [6, 6.07) is 12.6. The van der Waals surface area contributed by atoms with Crippen molar-refractivity contribution in [2.75, 3.05) is 26.7 Å². The third kappa shape index (κ3) is 8.20. The Bertz CT molecular complexity index is 1160. The van der Waals surface area contributed by atoms with Gasteiger partial charge in [-0.15, -0.1) is 11.3 Å². The van der Waals surface area contributed by atoms with Gasteiger partial charge in [0.05, 0.1) is 5.71 Å². The van der Waals surface area contributed by atoms with Gasteiger partial charge in [-0.3, -0.25) is 9.98 Å². The van der Waals surface area contributed by atoms with E-state index in [4.69, 9.17) is 4.99 Å². The molecule has 2 aromatic rings. The zero-order chi connectivity index (χ0) is 25.9. The first kappa shape index (κ1) is 27.4. The van der Waals surface area contributed by atoms with Crippen LogP contribution in [0, 0.1) is 12.8 Å². The smallest absolute Gasteiger partial charge is 0.0725 e. The Morgan fingerprint density at radius 1 is 1.14 bits per heavy atom. The van der Waals surface area contributed by atoms with E-state index in [0.29, 0.717) is 5.92 Å². The molecule has 2 heterocycles. The fourth-order valence-corrected chi connectivity index (χ4v) is 4.86. The van der Waals surface area contributed by atoms with E-state index in [-0.39, 0.29) is 0 Å². The second-order valence-corrected chi connectivity index (χ2v) is 10.4. The van der Waals surface area contributed by atoms with E-state index in [9.17, 15) is 0 Å². The van der Waals surface area contributed by atoms with Crippen LogP contribution < -0.4 is 5.32 Å². The molecular weight excluding hydrogens is 460 g/mol. The number of hydrogen-bond donors (Lipinski definition) is 1. The zero-order valence-electron chi connectivity index (χ0n) is 22.4. The van der Waals surface area contributed by atoms with Crippen LogP contribution in [0.2, 0.25) is 0 Å². The monoisotopic (exact) mass is 500 g/mol. The Morgan fingerprint density at radius 3 is 2.56 bits per heavy atom. The number of nitrogens with zero attached hydrogens (tertiary/aromatic N) is 3. The standard InChI is InChI=1S/C31H40N4S/c1-23-10-7-8-12-30(23)31(34-27(5)24(2)21-32-6)20-25(3)33-22-28-15-17-35(18-16-28)26(4)13-14-29-11-9-19-36-29/h7-14,19-21,28,33H,4,15-18,22H2,1-3,5-6H3/b14-13+,25-20+,27-24+,32-21?,34-31+. The molecule has 36 heavy (non-hydrogen) atoms. The summed E-state index contributed by atoms with van der Waals surface area (Å²) in [5, 5.41) is 5.78. The number of hydrogen-bond acceptors (Lipinski definition) is 5. The lowest BCUT2D eigenvalue weighted by atomic mass is 9.96. The molecule has 0 bridgehead atoms. The summed E-state index contributed by atoms with van der Waals surface area (Å²) >= 11 is 1.75. The van der Waals surface area contributed by atoms with Crippen LogP contribution in [0.4, 0.5) is 0 Å². The molecule has 1 fully saturated rings. The van der Waals surface area contributed by atoms with Gasteiger partial charge in [0, 0.05) is 60.4 Å². The molecule has 0 spiro atoms. The molecule has 0 radical (unpaired) electrons. The van der Waals surface area contributed by atoms with Gasteiger partial charge in [-0.1, -0.05) is 36.9 Å². The van der Waals surface area contributed by atoms with Crippen molar-refractivity contribution in [1.82, 2.24) is 10.2 Å². The van der Waals surface area contributed by atoms with E-state index in [1.54, 1.807) is 18.4 Å². The van der Waals surface area contributed by atoms with Crippen molar-refractivity contribution in [2.45, 2.75) is 40.5 Å². The summed E-state index contributed by atoms with van der Waals surface area (Å²) in [5.74, 6) is 0.655.